The van der Waals surface area contributed by atoms with Crippen LogP contribution in [0.5, 0.6) is 0 Å². The van der Waals surface area contributed by atoms with Gasteiger partial charge in [0.2, 0.25) is 0 Å². The van der Waals surface area contributed by atoms with E-state index < -0.39 is 27.4 Å². The minimum atomic E-state index is -4.69. The topological polar surface area (TPSA) is 93.5 Å². The van der Waals surface area contributed by atoms with Crippen LogP contribution in [0.15, 0.2) is 53.7 Å². The maximum atomic E-state index is 14.0. The monoisotopic (exact) mass is 550 g/mol. The molecule has 0 bridgehead atoms. The number of rotatable bonds is 4. The number of likely N-dealkylation sites (tertiary alicyclic amines) is 1. The van der Waals surface area contributed by atoms with Gasteiger partial charge in [-0.25, -0.2) is 22.2 Å². The van der Waals surface area contributed by atoms with Crippen LogP contribution >= 0.6 is 0 Å². The first-order valence-corrected chi connectivity index (χ1v) is 13.8. The molecule has 1 aromatic carbocycles. The number of pyridine rings is 1. The molecule has 3 atom stereocenters. The number of nitrogens with zero attached hydrogens (tertiary/aromatic N) is 3. The van der Waals surface area contributed by atoms with Gasteiger partial charge in [-0.05, 0) is 63.6 Å². The van der Waals surface area contributed by atoms with Crippen molar-refractivity contribution in [3.8, 4) is 0 Å². The summed E-state index contributed by atoms with van der Waals surface area (Å²) in [5.74, 6) is 0.268. The zero-order valence-electron chi connectivity index (χ0n) is 21.2. The Bertz CT molecular complexity index is 1450. The van der Waals surface area contributed by atoms with Crippen LogP contribution in [0, 0.1) is 11.8 Å². The molecule has 1 aliphatic carbocycles. The Morgan fingerprint density at radius 1 is 1.05 bits per heavy atom. The smallest absolute Gasteiger partial charge is 0.419 e. The third kappa shape index (κ3) is 4.93. The summed E-state index contributed by atoms with van der Waals surface area (Å²) in [6, 6.07) is 8.73. The normalized spacial score (nSPS) is 22.1. The van der Waals surface area contributed by atoms with Gasteiger partial charge in [0.1, 0.15) is 5.60 Å². The Kier molecular flexibility index (Phi) is 6.36. The molecule has 3 heterocycles. The number of halogens is 3. The largest absolute Gasteiger partial charge is 0.444 e. The van der Waals surface area contributed by atoms with E-state index in [-0.39, 0.29) is 45.6 Å². The number of carbonyl (C=O) groups excluding carboxylic acids is 1. The molecule has 3 aromatic rings. The number of nitrogens with one attached hydrogen (secondary N) is 1. The Balaban J connectivity index is 1.42. The lowest BCUT2D eigenvalue weighted by Crippen LogP contribution is -2.36. The molecule has 204 valence electrons. The second kappa shape index (κ2) is 9.18. The second-order valence-electron chi connectivity index (χ2n) is 10.9. The minimum absolute atomic E-state index is 0.00636. The van der Waals surface area contributed by atoms with Gasteiger partial charge in [-0.3, -0.25) is 0 Å². The van der Waals surface area contributed by atoms with Crippen molar-refractivity contribution in [2.45, 2.75) is 56.3 Å². The number of benzene rings is 1. The van der Waals surface area contributed by atoms with Crippen LogP contribution in [0.3, 0.4) is 0 Å². The maximum absolute atomic E-state index is 14.0. The molecule has 5 rings (SSSR count). The highest BCUT2D eigenvalue weighted by Gasteiger charge is 2.44. The van der Waals surface area contributed by atoms with E-state index in [1.54, 1.807) is 43.9 Å². The predicted molar refractivity (Wildman–Crippen MR) is 135 cm³/mol. The van der Waals surface area contributed by atoms with Crippen LogP contribution in [-0.2, 0) is 20.9 Å². The third-order valence-corrected chi connectivity index (χ3v) is 8.72. The van der Waals surface area contributed by atoms with Crippen molar-refractivity contribution in [1.82, 2.24) is 13.9 Å². The maximum Gasteiger partial charge on any atom is 0.419 e. The summed E-state index contributed by atoms with van der Waals surface area (Å²) in [4.78, 5) is 18.0. The number of amides is 1. The summed E-state index contributed by atoms with van der Waals surface area (Å²) < 4.78 is 74.7. The highest BCUT2D eigenvalue weighted by molar-refractivity contribution is 7.90. The molecule has 8 nitrogen and oxygen atoms in total. The van der Waals surface area contributed by atoms with Gasteiger partial charge in [-0.2, -0.15) is 13.2 Å². The van der Waals surface area contributed by atoms with E-state index >= 15 is 0 Å². The zero-order valence-corrected chi connectivity index (χ0v) is 22.0. The molecule has 2 aromatic heterocycles. The summed E-state index contributed by atoms with van der Waals surface area (Å²) in [5.41, 5.74) is -1.83. The molecule has 2 fully saturated rings. The number of hydrogen-bond donors (Lipinski definition) is 1. The van der Waals surface area contributed by atoms with Gasteiger partial charge in [0.05, 0.1) is 16.1 Å². The standard InChI is InChI=1S/C26H29F3N4O4S/c1-25(2,3)37-24(34)32-14-16-11-18(12-17(16)15-32)31-22-20-9-10-33(23(20)30-13-21(22)26(27,28)29)38(35,36)19-7-5-4-6-8-19/h4-10,13,16-18H,11-12,14-15H2,1-3H3,(H,30,31)/t16-,17?,18?/m1/s1. The number of ether oxygens (including phenoxy) is 1. The van der Waals surface area contributed by atoms with Crippen LogP contribution in [-0.4, -0.2) is 53.1 Å². The molecule has 1 amide bonds. The Hall–Kier alpha value is -3.28. The fourth-order valence-corrected chi connectivity index (χ4v) is 6.75. The molecule has 2 unspecified atom stereocenters. The number of hydrogen-bond acceptors (Lipinski definition) is 6. The molecule has 0 radical (unpaired) electrons. The van der Waals surface area contributed by atoms with E-state index in [4.69, 9.17) is 4.74 Å². The summed E-state index contributed by atoms with van der Waals surface area (Å²) in [6.45, 7) is 6.37. The number of alkyl halides is 3. The number of aromatic nitrogens is 2. The Morgan fingerprint density at radius 3 is 2.26 bits per heavy atom. The van der Waals surface area contributed by atoms with Crippen molar-refractivity contribution in [3.63, 3.8) is 0 Å². The molecule has 1 aliphatic heterocycles. The molecule has 2 aliphatic rings. The molecule has 38 heavy (non-hydrogen) atoms. The van der Waals surface area contributed by atoms with Crippen molar-refractivity contribution in [2.75, 3.05) is 18.4 Å². The summed E-state index contributed by atoms with van der Waals surface area (Å²) >= 11 is 0. The first kappa shape index (κ1) is 26.3. The van der Waals surface area contributed by atoms with E-state index in [1.165, 1.54) is 24.4 Å². The van der Waals surface area contributed by atoms with Gasteiger partial charge < -0.3 is 15.0 Å². The summed E-state index contributed by atoms with van der Waals surface area (Å²) in [6.07, 6.45) is -2.00. The highest BCUT2D eigenvalue weighted by Crippen LogP contribution is 2.43. The molecule has 1 saturated carbocycles. The molecule has 12 heteroatoms. The van der Waals surface area contributed by atoms with Gasteiger partial charge in [0.25, 0.3) is 10.0 Å². The van der Waals surface area contributed by atoms with Crippen molar-refractivity contribution in [3.05, 3.63) is 54.4 Å². The first-order chi connectivity index (χ1) is 17.7. The first-order valence-electron chi connectivity index (χ1n) is 12.4. The lowest BCUT2D eigenvalue weighted by Gasteiger charge is -2.26. The Morgan fingerprint density at radius 2 is 1.68 bits per heavy atom. The van der Waals surface area contributed by atoms with E-state index in [2.05, 4.69) is 10.3 Å². The lowest BCUT2D eigenvalue weighted by atomic mass is 10.0. The highest BCUT2D eigenvalue weighted by atomic mass is 32.2. The predicted octanol–water partition coefficient (Wildman–Crippen LogP) is 5.35. The van der Waals surface area contributed by atoms with Crippen molar-refractivity contribution >= 4 is 32.8 Å². The summed E-state index contributed by atoms with van der Waals surface area (Å²) in [7, 11) is -4.06. The fourth-order valence-electron chi connectivity index (χ4n) is 5.43. The van der Waals surface area contributed by atoms with Gasteiger partial charge >= 0.3 is 12.3 Å². The van der Waals surface area contributed by atoms with E-state index in [0.717, 1.165) is 3.97 Å². The lowest BCUT2D eigenvalue weighted by molar-refractivity contribution is -0.137. The average molecular weight is 551 g/mol. The molecule has 1 N–H and O–H groups in total. The number of carbonyl (C=O) groups is 1. The van der Waals surface area contributed by atoms with Gasteiger partial charge in [-0.15, -0.1) is 0 Å². The van der Waals surface area contributed by atoms with Crippen LogP contribution < -0.4 is 5.32 Å². The van der Waals surface area contributed by atoms with Crippen LogP contribution in [0.2, 0.25) is 0 Å². The molecular formula is C26H29F3N4O4S. The van der Waals surface area contributed by atoms with Crippen LogP contribution in [0.25, 0.3) is 11.0 Å². The Labute approximate surface area is 218 Å². The average Bonchev–Trinajstić information content (AvgIpc) is 3.51. The molecule has 1 saturated heterocycles. The van der Waals surface area contributed by atoms with Gasteiger partial charge in [0, 0.05) is 36.9 Å². The van der Waals surface area contributed by atoms with E-state index in [0.29, 0.717) is 32.1 Å². The molecular weight excluding hydrogens is 521 g/mol. The fraction of sp³-hybridized carbons (Fsp3) is 0.462. The van der Waals surface area contributed by atoms with Crippen molar-refractivity contribution < 1.29 is 31.1 Å². The second-order valence-corrected chi connectivity index (χ2v) is 12.7. The molecule has 0 spiro atoms. The van der Waals surface area contributed by atoms with E-state index in [1.807, 2.05) is 0 Å². The minimum Gasteiger partial charge on any atom is -0.444 e. The van der Waals surface area contributed by atoms with Crippen LogP contribution in [0.1, 0.15) is 39.2 Å². The third-order valence-electron chi connectivity index (χ3n) is 7.04. The SMILES string of the molecule is CC(C)(C)OC(=O)N1CC2CC(Nc3c(C(F)(F)F)cnc4c3ccn4S(=O)(=O)c3ccccc3)C[C@@H]2C1. The van der Waals surface area contributed by atoms with Gasteiger partial charge in [0.15, 0.2) is 5.65 Å². The van der Waals surface area contributed by atoms with Crippen molar-refractivity contribution in [2.24, 2.45) is 11.8 Å². The van der Waals surface area contributed by atoms with Gasteiger partial charge in [-0.1, -0.05) is 18.2 Å². The number of fused-ring (bicyclic) bond motifs is 2. The quantitative estimate of drug-likeness (QED) is 0.471. The zero-order chi connectivity index (χ0) is 27.5. The van der Waals surface area contributed by atoms with Crippen molar-refractivity contribution in [1.29, 1.82) is 0 Å². The van der Waals surface area contributed by atoms with E-state index in [9.17, 15) is 26.4 Å². The summed E-state index contributed by atoms with van der Waals surface area (Å²) in [5, 5.41) is 3.15. The number of anilines is 1. The van der Waals surface area contributed by atoms with Crippen LogP contribution in [0.4, 0.5) is 23.7 Å².